The van der Waals surface area contributed by atoms with Crippen LogP contribution in [-0.2, 0) is 0 Å². The molecule has 0 aliphatic rings. The van der Waals surface area contributed by atoms with Crippen molar-refractivity contribution in [1.82, 2.24) is 0 Å². The molecule has 1 heterocycles. The van der Waals surface area contributed by atoms with Gasteiger partial charge in [0.25, 0.3) is 0 Å². The maximum absolute atomic E-state index is 6.39. The van der Waals surface area contributed by atoms with E-state index >= 15 is 0 Å². The van der Waals surface area contributed by atoms with Crippen LogP contribution in [0.3, 0.4) is 0 Å². The van der Waals surface area contributed by atoms with E-state index < -0.39 is 0 Å². The molecule has 0 amide bonds. The van der Waals surface area contributed by atoms with Crippen LogP contribution in [0.25, 0.3) is 98.4 Å². The van der Waals surface area contributed by atoms with Crippen LogP contribution in [0.4, 0.5) is 0 Å². The monoisotopic (exact) mass is 596 g/mol. The first kappa shape index (κ1) is 26.1. The third-order valence-electron chi connectivity index (χ3n) is 9.86. The highest BCUT2D eigenvalue weighted by Crippen LogP contribution is 2.48. The number of hydrogen-bond donors (Lipinski definition) is 0. The molecule has 0 aliphatic carbocycles. The van der Waals surface area contributed by atoms with E-state index in [2.05, 4.69) is 164 Å². The highest BCUT2D eigenvalue weighted by Gasteiger charge is 2.20. The third-order valence-corrected chi connectivity index (χ3v) is 9.86. The summed E-state index contributed by atoms with van der Waals surface area (Å²) in [7, 11) is 0. The Balaban J connectivity index is 1.30. The van der Waals surface area contributed by atoms with Crippen LogP contribution in [-0.4, -0.2) is 0 Å². The van der Waals surface area contributed by atoms with E-state index in [0.717, 1.165) is 21.9 Å². The first-order chi connectivity index (χ1) is 23.3. The lowest BCUT2D eigenvalue weighted by atomic mass is 9.83. The lowest BCUT2D eigenvalue weighted by molar-refractivity contribution is 0.669. The van der Waals surface area contributed by atoms with Crippen LogP contribution in [0.2, 0.25) is 0 Å². The van der Waals surface area contributed by atoms with Crippen molar-refractivity contribution in [3.8, 4) is 33.4 Å². The normalized spacial score (nSPS) is 11.8. The van der Waals surface area contributed by atoms with E-state index in [0.29, 0.717) is 0 Å². The molecule has 0 unspecified atom stereocenters. The van der Waals surface area contributed by atoms with E-state index in [1.165, 1.54) is 76.5 Å². The van der Waals surface area contributed by atoms with Gasteiger partial charge in [-0.2, -0.15) is 0 Å². The van der Waals surface area contributed by atoms with Crippen LogP contribution in [0.1, 0.15) is 0 Å². The van der Waals surface area contributed by atoms with Gasteiger partial charge in [-0.3, -0.25) is 0 Å². The Bertz CT molecular complexity index is 2780. The van der Waals surface area contributed by atoms with E-state index in [4.69, 9.17) is 4.42 Å². The fourth-order valence-electron chi connectivity index (χ4n) is 7.81. The minimum atomic E-state index is 0.918. The molecule has 0 bridgehead atoms. The molecule has 10 aromatic rings. The summed E-state index contributed by atoms with van der Waals surface area (Å²) in [5, 5.41) is 12.2. The standard InChI is InChI=1S/C46H28O/c1-2-13-29(14-3-1)31-25-26-40(33-17-5-4-16-32(31)33)46-37-21-8-6-19-35(37)45(36-20-7-9-22-38(36)46)39-23-12-15-30-27-42-34-18-10-11-24-43(34)47-44(42)28-41(30)39/h1-28H. The zero-order chi connectivity index (χ0) is 30.9. The minimum absolute atomic E-state index is 0.918. The van der Waals surface area contributed by atoms with Gasteiger partial charge in [-0.25, -0.2) is 0 Å². The van der Waals surface area contributed by atoms with Gasteiger partial charge in [0.1, 0.15) is 11.2 Å². The summed E-state index contributed by atoms with van der Waals surface area (Å²) in [5.41, 5.74) is 9.32. The highest BCUT2D eigenvalue weighted by atomic mass is 16.3. The average molecular weight is 597 g/mol. The van der Waals surface area contributed by atoms with E-state index in [9.17, 15) is 0 Å². The molecule has 47 heavy (non-hydrogen) atoms. The molecule has 218 valence electrons. The van der Waals surface area contributed by atoms with Crippen LogP contribution in [0.15, 0.2) is 174 Å². The third kappa shape index (κ3) is 3.90. The molecule has 0 fully saturated rings. The molecule has 0 N–H and O–H groups in total. The fourth-order valence-corrected chi connectivity index (χ4v) is 7.81. The molecule has 1 heteroatoms. The molecule has 0 atom stereocenters. The summed E-state index contributed by atoms with van der Waals surface area (Å²) in [6, 6.07) is 61.6. The predicted octanol–water partition coefficient (Wildman–Crippen LogP) is 13.2. The van der Waals surface area contributed by atoms with Crippen LogP contribution >= 0.6 is 0 Å². The van der Waals surface area contributed by atoms with E-state index in [-0.39, 0.29) is 0 Å². The quantitative estimate of drug-likeness (QED) is 0.185. The number of hydrogen-bond acceptors (Lipinski definition) is 1. The Labute approximate surface area is 271 Å². The summed E-state index contributed by atoms with van der Waals surface area (Å²) >= 11 is 0. The molecular weight excluding hydrogens is 569 g/mol. The van der Waals surface area contributed by atoms with Crippen molar-refractivity contribution >= 4 is 65.0 Å². The topological polar surface area (TPSA) is 13.1 Å². The Morgan fingerprint density at radius 2 is 0.787 bits per heavy atom. The molecule has 9 aromatic carbocycles. The molecule has 0 radical (unpaired) electrons. The van der Waals surface area contributed by atoms with Crippen molar-refractivity contribution < 1.29 is 4.42 Å². The van der Waals surface area contributed by atoms with Crippen molar-refractivity contribution in [3.63, 3.8) is 0 Å². The molecule has 0 spiro atoms. The van der Waals surface area contributed by atoms with Crippen molar-refractivity contribution in [2.75, 3.05) is 0 Å². The van der Waals surface area contributed by atoms with Gasteiger partial charge in [0.05, 0.1) is 0 Å². The number of para-hydroxylation sites is 1. The van der Waals surface area contributed by atoms with Gasteiger partial charge in [0.15, 0.2) is 0 Å². The average Bonchev–Trinajstić information content (AvgIpc) is 3.50. The summed E-state index contributed by atoms with van der Waals surface area (Å²) in [4.78, 5) is 0. The van der Waals surface area contributed by atoms with Crippen molar-refractivity contribution in [3.05, 3.63) is 170 Å². The summed E-state index contributed by atoms with van der Waals surface area (Å²) in [5.74, 6) is 0. The van der Waals surface area contributed by atoms with Crippen molar-refractivity contribution in [2.45, 2.75) is 0 Å². The first-order valence-electron chi connectivity index (χ1n) is 16.2. The number of furan rings is 1. The van der Waals surface area contributed by atoms with Crippen LogP contribution < -0.4 is 0 Å². The minimum Gasteiger partial charge on any atom is -0.456 e. The summed E-state index contributed by atoms with van der Waals surface area (Å²) in [6.07, 6.45) is 0. The second-order valence-corrected chi connectivity index (χ2v) is 12.4. The molecule has 0 saturated heterocycles. The second-order valence-electron chi connectivity index (χ2n) is 12.4. The van der Waals surface area contributed by atoms with Gasteiger partial charge in [-0.1, -0.05) is 152 Å². The summed E-state index contributed by atoms with van der Waals surface area (Å²) < 4.78 is 6.39. The Kier molecular flexibility index (Phi) is 5.64. The van der Waals surface area contributed by atoms with Crippen LogP contribution in [0, 0.1) is 0 Å². The van der Waals surface area contributed by atoms with Gasteiger partial charge >= 0.3 is 0 Å². The molecular formula is C46H28O. The number of benzene rings is 9. The lowest BCUT2D eigenvalue weighted by Gasteiger charge is -2.20. The van der Waals surface area contributed by atoms with E-state index in [1.807, 2.05) is 6.07 Å². The maximum atomic E-state index is 6.39. The highest BCUT2D eigenvalue weighted by molar-refractivity contribution is 6.26. The molecule has 10 rings (SSSR count). The maximum Gasteiger partial charge on any atom is 0.136 e. The smallest absolute Gasteiger partial charge is 0.136 e. The molecule has 1 nitrogen and oxygen atoms in total. The Morgan fingerprint density at radius 3 is 1.45 bits per heavy atom. The largest absolute Gasteiger partial charge is 0.456 e. The molecule has 0 saturated carbocycles. The second kappa shape index (κ2) is 10.2. The zero-order valence-corrected chi connectivity index (χ0v) is 25.6. The fraction of sp³-hybridized carbons (Fsp3) is 0. The first-order valence-corrected chi connectivity index (χ1v) is 16.2. The Hall–Kier alpha value is -6.18. The lowest BCUT2D eigenvalue weighted by Crippen LogP contribution is -1.93. The van der Waals surface area contributed by atoms with Gasteiger partial charge < -0.3 is 4.42 Å². The summed E-state index contributed by atoms with van der Waals surface area (Å²) in [6.45, 7) is 0. The number of rotatable bonds is 3. The van der Waals surface area contributed by atoms with Gasteiger partial charge in [0.2, 0.25) is 0 Å². The van der Waals surface area contributed by atoms with Gasteiger partial charge in [-0.15, -0.1) is 0 Å². The van der Waals surface area contributed by atoms with Crippen molar-refractivity contribution in [2.24, 2.45) is 0 Å². The van der Waals surface area contributed by atoms with Crippen LogP contribution in [0.5, 0.6) is 0 Å². The molecule has 0 aliphatic heterocycles. The number of fused-ring (bicyclic) bond motifs is 7. The SMILES string of the molecule is c1ccc(-c2ccc(-c3c4ccccc4c(-c4cccc5cc6c(cc45)oc4ccccc46)c4ccccc34)c3ccccc23)cc1. The van der Waals surface area contributed by atoms with Gasteiger partial charge in [-0.05, 0) is 94.7 Å². The predicted molar refractivity (Wildman–Crippen MR) is 200 cm³/mol. The zero-order valence-electron chi connectivity index (χ0n) is 25.6. The Morgan fingerprint density at radius 1 is 0.277 bits per heavy atom. The molecule has 1 aromatic heterocycles. The van der Waals surface area contributed by atoms with E-state index in [1.54, 1.807) is 0 Å². The van der Waals surface area contributed by atoms with Gasteiger partial charge in [0, 0.05) is 10.8 Å². The van der Waals surface area contributed by atoms with Crippen molar-refractivity contribution in [1.29, 1.82) is 0 Å².